The zero-order valence-electron chi connectivity index (χ0n) is 17.3. The number of benzene rings is 2. The lowest BCUT2D eigenvalue weighted by Gasteiger charge is -2.18. The first-order chi connectivity index (χ1) is 14.5. The molecular formula is C22H29N3O3S2. The zero-order chi connectivity index (χ0) is 21.5. The van der Waals surface area contributed by atoms with Gasteiger partial charge in [0.25, 0.3) is 5.91 Å². The number of hydrogen-bond donors (Lipinski definition) is 4. The highest BCUT2D eigenvalue weighted by molar-refractivity contribution is 7.98. The summed E-state index contributed by atoms with van der Waals surface area (Å²) < 4.78 is 4.86. The highest BCUT2D eigenvalue weighted by Crippen LogP contribution is 2.26. The highest BCUT2D eigenvalue weighted by atomic mass is 32.2. The quantitative estimate of drug-likeness (QED) is 0.350. The van der Waals surface area contributed by atoms with Crippen LogP contribution in [0.2, 0.25) is 0 Å². The molecule has 0 spiro atoms. The Hall–Kier alpha value is -1.90. The van der Waals surface area contributed by atoms with Crippen LogP contribution in [0.4, 0.5) is 5.69 Å². The molecule has 3 rings (SSSR count). The number of thiol groups is 1. The Bertz CT molecular complexity index is 893. The zero-order valence-corrected chi connectivity index (χ0v) is 19.0. The lowest BCUT2D eigenvalue weighted by molar-refractivity contribution is -0.142. The Morgan fingerprint density at radius 3 is 2.83 bits per heavy atom. The molecule has 1 aliphatic heterocycles. The third-order valence-corrected chi connectivity index (χ3v) is 6.30. The molecule has 0 aliphatic carbocycles. The molecule has 0 saturated carbocycles. The standard InChI is InChI=1S/C22H29N3O3S2/c1-28-22(27)19(7-8-30-2)25-21(26)15-9-14-5-3-4-6-18(14)20(10-15)24-12-16-11-17(29)13-23-16/h3-6,9-10,16-17,19,23-24,29H,7-8,11-13H2,1-2H3,(H,25,26). The second kappa shape index (κ2) is 10.9. The van der Waals surface area contributed by atoms with Crippen molar-refractivity contribution < 1.29 is 14.3 Å². The Balaban J connectivity index is 1.80. The molecule has 3 atom stereocenters. The predicted octanol–water partition coefficient (Wildman–Crippen LogP) is 2.94. The summed E-state index contributed by atoms with van der Waals surface area (Å²) in [4.78, 5) is 25.0. The number of amides is 1. The number of hydrogen-bond acceptors (Lipinski definition) is 7. The molecule has 1 aliphatic rings. The average Bonchev–Trinajstić information content (AvgIpc) is 3.19. The second-order valence-electron chi connectivity index (χ2n) is 7.45. The van der Waals surface area contributed by atoms with Crippen LogP contribution in [0.25, 0.3) is 10.8 Å². The first-order valence-corrected chi connectivity index (χ1v) is 12.0. The first kappa shape index (κ1) is 22.8. The molecule has 8 heteroatoms. The molecule has 1 amide bonds. The lowest BCUT2D eigenvalue weighted by Crippen LogP contribution is -2.42. The van der Waals surface area contributed by atoms with Crippen LogP contribution < -0.4 is 16.0 Å². The van der Waals surface area contributed by atoms with Gasteiger partial charge in [-0.25, -0.2) is 4.79 Å². The summed E-state index contributed by atoms with van der Waals surface area (Å²) >= 11 is 6.16. The number of fused-ring (bicyclic) bond motifs is 1. The van der Waals surface area contributed by atoms with Crippen LogP contribution >= 0.6 is 24.4 Å². The highest BCUT2D eigenvalue weighted by Gasteiger charge is 2.23. The number of nitrogens with one attached hydrogen (secondary N) is 3. The van der Waals surface area contributed by atoms with Gasteiger partial charge in [0.05, 0.1) is 7.11 Å². The summed E-state index contributed by atoms with van der Waals surface area (Å²) in [6, 6.07) is 11.4. The Morgan fingerprint density at radius 1 is 1.33 bits per heavy atom. The van der Waals surface area contributed by atoms with Gasteiger partial charge in [-0.1, -0.05) is 24.3 Å². The molecule has 1 heterocycles. The molecule has 1 saturated heterocycles. The second-order valence-corrected chi connectivity index (χ2v) is 9.17. The molecule has 0 radical (unpaired) electrons. The largest absolute Gasteiger partial charge is 0.467 e. The maximum atomic E-state index is 13.0. The van der Waals surface area contributed by atoms with Crippen LogP contribution in [0.1, 0.15) is 23.2 Å². The van der Waals surface area contributed by atoms with E-state index < -0.39 is 12.0 Å². The fourth-order valence-electron chi connectivity index (χ4n) is 3.64. The van der Waals surface area contributed by atoms with Gasteiger partial charge in [0.15, 0.2) is 0 Å². The van der Waals surface area contributed by atoms with Crippen molar-refractivity contribution in [3.8, 4) is 0 Å². The summed E-state index contributed by atoms with van der Waals surface area (Å²) in [6.45, 7) is 1.66. The van der Waals surface area contributed by atoms with Crippen LogP contribution in [-0.2, 0) is 9.53 Å². The van der Waals surface area contributed by atoms with Gasteiger partial charge in [-0.3, -0.25) is 4.79 Å². The topological polar surface area (TPSA) is 79.5 Å². The van der Waals surface area contributed by atoms with Crippen molar-refractivity contribution in [2.45, 2.75) is 30.2 Å². The number of rotatable bonds is 9. The summed E-state index contributed by atoms with van der Waals surface area (Å²) in [5.41, 5.74) is 1.42. The van der Waals surface area contributed by atoms with Gasteiger partial charge in [0, 0.05) is 41.0 Å². The van der Waals surface area contributed by atoms with Gasteiger partial charge in [-0.2, -0.15) is 24.4 Å². The van der Waals surface area contributed by atoms with Crippen molar-refractivity contribution >= 4 is 52.7 Å². The van der Waals surface area contributed by atoms with E-state index in [1.165, 1.54) is 7.11 Å². The Kier molecular flexibility index (Phi) is 8.30. The molecule has 3 N–H and O–H groups in total. The molecule has 0 bridgehead atoms. The van der Waals surface area contributed by atoms with Gasteiger partial charge in [-0.15, -0.1) is 0 Å². The summed E-state index contributed by atoms with van der Waals surface area (Å²) in [7, 11) is 1.34. The first-order valence-electron chi connectivity index (χ1n) is 10.1. The molecule has 2 aromatic rings. The minimum absolute atomic E-state index is 0.283. The van der Waals surface area contributed by atoms with Gasteiger partial charge in [0.2, 0.25) is 0 Å². The van der Waals surface area contributed by atoms with E-state index in [0.29, 0.717) is 23.3 Å². The molecule has 162 valence electrons. The van der Waals surface area contributed by atoms with Crippen LogP contribution in [-0.4, -0.2) is 61.4 Å². The lowest BCUT2D eigenvalue weighted by atomic mass is 10.0. The molecule has 1 fully saturated rings. The molecular weight excluding hydrogens is 418 g/mol. The van der Waals surface area contributed by atoms with E-state index in [1.54, 1.807) is 11.8 Å². The fraction of sp³-hybridized carbons (Fsp3) is 0.455. The van der Waals surface area contributed by atoms with E-state index in [9.17, 15) is 9.59 Å². The fourth-order valence-corrected chi connectivity index (χ4v) is 4.47. The number of anilines is 1. The van der Waals surface area contributed by atoms with E-state index in [2.05, 4.69) is 28.6 Å². The van der Waals surface area contributed by atoms with Crippen molar-refractivity contribution in [1.29, 1.82) is 0 Å². The third kappa shape index (κ3) is 5.83. The van der Waals surface area contributed by atoms with Crippen molar-refractivity contribution in [2.24, 2.45) is 0 Å². The van der Waals surface area contributed by atoms with Crippen molar-refractivity contribution in [2.75, 3.05) is 37.5 Å². The SMILES string of the molecule is COC(=O)C(CCSC)NC(=O)c1cc(NCC2CC(S)CN2)c2ccccc2c1. The molecule has 2 aromatic carbocycles. The Morgan fingerprint density at radius 2 is 2.13 bits per heavy atom. The van der Waals surface area contributed by atoms with Crippen LogP contribution in [0.15, 0.2) is 36.4 Å². The maximum Gasteiger partial charge on any atom is 0.328 e. The smallest absolute Gasteiger partial charge is 0.328 e. The molecule has 30 heavy (non-hydrogen) atoms. The molecule has 3 unspecified atom stereocenters. The summed E-state index contributed by atoms with van der Waals surface area (Å²) in [6.07, 6.45) is 3.49. The van der Waals surface area contributed by atoms with Crippen LogP contribution in [0.5, 0.6) is 0 Å². The van der Waals surface area contributed by atoms with Crippen molar-refractivity contribution in [3.63, 3.8) is 0 Å². The summed E-state index contributed by atoms with van der Waals surface area (Å²) in [5, 5.41) is 12.2. The normalized spacial score (nSPS) is 19.4. The number of methoxy groups -OCH3 is 1. The van der Waals surface area contributed by atoms with Gasteiger partial charge in [-0.05, 0) is 42.4 Å². The minimum atomic E-state index is -0.659. The van der Waals surface area contributed by atoms with Gasteiger partial charge in [0.1, 0.15) is 6.04 Å². The Labute approximate surface area is 187 Å². The van der Waals surface area contributed by atoms with E-state index in [1.807, 2.05) is 42.7 Å². The monoisotopic (exact) mass is 447 g/mol. The van der Waals surface area contributed by atoms with Crippen molar-refractivity contribution in [1.82, 2.24) is 10.6 Å². The van der Waals surface area contributed by atoms with Crippen LogP contribution in [0, 0.1) is 0 Å². The number of esters is 1. The number of thioether (sulfide) groups is 1. The third-order valence-electron chi connectivity index (χ3n) is 5.26. The molecule has 0 aromatic heterocycles. The van der Waals surface area contributed by atoms with Gasteiger partial charge < -0.3 is 20.7 Å². The molecule has 6 nitrogen and oxygen atoms in total. The van der Waals surface area contributed by atoms with E-state index in [-0.39, 0.29) is 5.91 Å². The summed E-state index contributed by atoms with van der Waals surface area (Å²) in [5.74, 6) is 0.0466. The van der Waals surface area contributed by atoms with Gasteiger partial charge >= 0.3 is 5.97 Å². The van der Waals surface area contributed by atoms with E-state index in [0.717, 1.165) is 41.7 Å². The average molecular weight is 448 g/mol. The predicted molar refractivity (Wildman–Crippen MR) is 128 cm³/mol. The number of carbonyl (C=O) groups is 2. The van der Waals surface area contributed by atoms with E-state index >= 15 is 0 Å². The van der Waals surface area contributed by atoms with Crippen LogP contribution in [0.3, 0.4) is 0 Å². The van der Waals surface area contributed by atoms with Crippen molar-refractivity contribution in [3.05, 3.63) is 42.0 Å². The van der Waals surface area contributed by atoms with E-state index in [4.69, 9.17) is 4.74 Å². The minimum Gasteiger partial charge on any atom is -0.467 e. The maximum absolute atomic E-state index is 13.0. The number of ether oxygens (including phenoxy) is 1. The number of carbonyl (C=O) groups excluding carboxylic acids is 2.